The van der Waals surface area contributed by atoms with Crippen LogP contribution in [0.3, 0.4) is 0 Å². The van der Waals surface area contributed by atoms with Gasteiger partial charge in [-0.1, -0.05) is 18.2 Å². The van der Waals surface area contributed by atoms with E-state index in [4.69, 9.17) is 0 Å². The number of aromatic nitrogens is 6. The fourth-order valence-corrected chi connectivity index (χ4v) is 4.09. The van der Waals surface area contributed by atoms with E-state index in [1.54, 1.807) is 47.3 Å². The molecule has 38 heavy (non-hydrogen) atoms. The topological polar surface area (TPSA) is 112 Å². The first kappa shape index (κ1) is 24.7. The summed E-state index contributed by atoms with van der Waals surface area (Å²) in [4.78, 5) is 39.3. The van der Waals surface area contributed by atoms with Gasteiger partial charge in [-0.15, -0.1) is 6.58 Å². The lowest BCUT2D eigenvalue weighted by atomic mass is 10.1. The summed E-state index contributed by atoms with van der Waals surface area (Å²) in [5.74, 6) is 1.17. The molecule has 10 nitrogen and oxygen atoms in total. The number of hydrogen-bond donors (Lipinski definition) is 2. The Hall–Kier alpha value is -4.99. The lowest BCUT2D eigenvalue weighted by Gasteiger charge is -2.22. The molecular weight excluding hydrogens is 480 g/mol. The molecule has 0 spiro atoms. The van der Waals surface area contributed by atoms with Crippen molar-refractivity contribution in [3.05, 3.63) is 106 Å². The maximum absolute atomic E-state index is 13.2. The number of rotatable bonds is 7. The summed E-state index contributed by atoms with van der Waals surface area (Å²) in [6, 6.07) is 18.0. The molecule has 1 aromatic carbocycles. The van der Waals surface area contributed by atoms with Gasteiger partial charge in [-0.2, -0.15) is 4.98 Å². The Kier molecular flexibility index (Phi) is 6.38. The van der Waals surface area contributed by atoms with Gasteiger partial charge in [0.05, 0.1) is 6.54 Å². The Labute approximate surface area is 218 Å². The van der Waals surface area contributed by atoms with Gasteiger partial charge >= 0.3 is 0 Å². The van der Waals surface area contributed by atoms with Gasteiger partial charge in [0.2, 0.25) is 5.95 Å². The second-order valence-electron chi connectivity index (χ2n) is 9.76. The van der Waals surface area contributed by atoms with E-state index in [0.29, 0.717) is 28.6 Å². The molecule has 5 aromatic rings. The van der Waals surface area contributed by atoms with Gasteiger partial charge in [0.25, 0.3) is 11.1 Å². The van der Waals surface area contributed by atoms with Gasteiger partial charge in [0.15, 0.2) is 11.5 Å². The monoisotopic (exact) mass is 508 g/mol. The van der Waals surface area contributed by atoms with Gasteiger partial charge in [-0.05, 0) is 63.2 Å². The molecule has 10 heteroatoms. The SMILES string of the molecule is C=CCn1c(=O)c2cnc(Nc3ccc(NC(C)(C)C)cc3)nc2n1-c1cccc(-n2ccccc2=O)n1. The van der Waals surface area contributed by atoms with Crippen LogP contribution in [-0.2, 0) is 6.54 Å². The van der Waals surface area contributed by atoms with E-state index in [-0.39, 0.29) is 23.2 Å². The Morgan fingerprint density at radius 2 is 1.66 bits per heavy atom. The summed E-state index contributed by atoms with van der Waals surface area (Å²) in [7, 11) is 0. The summed E-state index contributed by atoms with van der Waals surface area (Å²) in [6.45, 7) is 10.3. The molecule has 5 rings (SSSR count). The molecule has 0 saturated heterocycles. The Morgan fingerprint density at radius 3 is 2.37 bits per heavy atom. The zero-order valence-electron chi connectivity index (χ0n) is 21.4. The predicted molar refractivity (Wildman–Crippen MR) is 150 cm³/mol. The standard InChI is InChI=1S/C28H28N8O2/c1-5-16-35-26(38)21-18-29-27(30-19-12-14-20(15-13-19)33-28(2,3)4)32-25(21)36(35)23-10-8-9-22(31-23)34-17-7-6-11-24(34)37/h5-15,17-18,33H,1,16H2,2-4H3,(H,29,30,32). The first-order chi connectivity index (χ1) is 18.2. The van der Waals surface area contributed by atoms with Crippen LogP contribution < -0.4 is 21.8 Å². The number of nitrogens with one attached hydrogen (secondary N) is 2. The summed E-state index contributed by atoms with van der Waals surface area (Å²) in [6.07, 6.45) is 4.78. The molecule has 0 unspecified atom stereocenters. The summed E-state index contributed by atoms with van der Waals surface area (Å²) >= 11 is 0. The second kappa shape index (κ2) is 9.81. The first-order valence-corrected chi connectivity index (χ1v) is 12.1. The average Bonchev–Trinajstić information content (AvgIpc) is 3.16. The molecule has 0 amide bonds. The van der Waals surface area contributed by atoms with Gasteiger partial charge in [0.1, 0.15) is 11.2 Å². The minimum Gasteiger partial charge on any atom is -0.380 e. The zero-order chi connectivity index (χ0) is 26.9. The molecular formula is C28H28N8O2. The third-order valence-electron chi connectivity index (χ3n) is 5.64. The number of fused-ring (bicyclic) bond motifs is 1. The first-order valence-electron chi connectivity index (χ1n) is 12.1. The predicted octanol–water partition coefficient (Wildman–Crippen LogP) is 4.27. The van der Waals surface area contributed by atoms with Crippen LogP contribution >= 0.6 is 0 Å². The van der Waals surface area contributed by atoms with Crippen LogP contribution in [0.2, 0.25) is 0 Å². The minimum absolute atomic E-state index is 0.0506. The van der Waals surface area contributed by atoms with E-state index >= 15 is 0 Å². The molecule has 4 heterocycles. The number of benzene rings is 1. The largest absolute Gasteiger partial charge is 0.380 e. The van der Waals surface area contributed by atoms with Gasteiger partial charge < -0.3 is 10.6 Å². The number of pyridine rings is 2. The lowest BCUT2D eigenvalue weighted by Crippen LogP contribution is -2.25. The van der Waals surface area contributed by atoms with Crippen molar-refractivity contribution in [2.24, 2.45) is 0 Å². The summed E-state index contributed by atoms with van der Waals surface area (Å²) in [5, 5.41) is 6.98. The van der Waals surface area contributed by atoms with Crippen molar-refractivity contribution in [3.63, 3.8) is 0 Å². The number of allylic oxidation sites excluding steroid dienone is 1. The van der Waals surface area contributed by atoms with Crippen molar-refractivity contribution in [2.75, 3.05) is 10.6 Å². The molecule has 0 aliphatic heterocycles. The van der Waals surface area contributed by atoms with E-state index in [1.165, 1.54) is 21.5 Å². The molecule has 192 valence electrons. The smallest absolute Gasteiger partial charge is 0.278 e. The maximum atomic E-state index is 13.2. The second-order valence-corrected chi connectivity index (χ2v) is 9.76. The lowest BCUT2D eigenvalue weighted by molar-refractivity contribution is 0.596. The molecule has 2 N–H and O–H groups in total. The molecule has 0 fully saturated rings. The zero-order valence-corrected chi connectivity index (χ0v) is 21.4. The van der Waals surface area contributed by atoms with Gasteiger partial charge in [0, 0.05) is 35.4 Å². The molecule has 0 atom stereocenters. The third kappa shape index (κ3) is 4.96. The number of nitrogens with zero attached hydrogens (tertiary/aromatic N) is 6. The fourth-order valence-electron chi connectivity index (χ4n) is 4.09. The minimum atomic E-state index is -0.270. The van der Waals surface area contributed by atoms with E-state index in [1.807, 2.05) is 24.3 Å². The molecule has 0 radical (unpaired) electrons. The average molecular weight is 509 g/mol. The van der Waals surface area contributed by atoms with Crippen molar-refractivity contribution < 1.29 is 0 Å². The highest BCUT2D eigenvalue weighted by Gasteiger charge is 2.18. The molecule has 0 aliphatic carbocycles. The number of anilines is 3. The van der Waals surface area contributed by atoms with E-state index in [9.17, 15) is 9.59 Å². The van der Waals surface area contributed by atoms with Crippen LogP contribution in [0.1, 0.15) is 20.8 Å². The Balaban J connectivity index is 1.58. The van der Waals surface area contributed by atoms with Crippen LogP contribution in [0, 0.1) is 0 Å². The molecule has 0 aliphatic rings. The van der Waals surface area contributed by atoms with Gasteiger partial charge in [-0.25, -0.2) is 19.3 Å². The van der Waals surface area contributed by atoms with Crippen LogP contribution in [-0.4, -0.2) is 34.4 Å². The molecule has 0 bridgehead atoms. The van der Waals surface area contributed by atoms with Crippen LogP contribution in [0.5, 0.6) is 0 Å². The van der Waals surface area contributed by atoms with Crippen molar-refractivity contribution in [1.82, 2.24) is 28.9 Å². The summed E-state index contributed by atoms with van der Waals surface area (Å²) < 4.78 is 4.55. The van der Waals surface area contributed by atoms with Gasteiger partial charge in [-0.3, -0.25) is 14.2 Å². The number of hydrogen-bond acceptors (Lipinski definition) is 7. The van der Waals surface area contributed by atoms with Crippen molar-refractivity contribution in [3.8, 4) is 11.6 Å². The van der Waals surface area contributed by atoms with Crippen molar-refractivity contribution in [2.45, 2.75) is 32.9 Å². The van der Waals surface area contributed by atoms with Crippen LogP contribution in [0.15, 0.2) is 95.3 Å². The summed E-state index contributed by atoms with van der Waals surface area (Å²) in [5.41, 5.74) is 1.64. The fraction of sp³-hybridized carbons (Fsp3) is 0.179. The van der Waals surface area contributed by atoms with E-state index in [0.717, 1.165) is 11.4 Å². The van der Waals surface area contributed by atoms with E-state index in [2.05, 4.69) is 52.9 Å². The van der Waals surface area contributed by atoms with Crippen LogP contribution in [0.25, 0.3) is 22.7 Å². The Morgan fingerprint density at radius 1 is 0.921 bits per heavy atom. The highest BCUT2D eigenvalue weighted by atomic mass is 16.1. The molecule has 0 saturated carbocycles. The highest BCUT2D eigenvalue weighted by molar-refractivity contribution is 5.77. The third-order valence-corrected chi connectivity index (χ3v) is 5.64. The van der Waals surface area contributed by atoms with E-state index < -0.39 is 0 Å². The maximum Gasteiger partial charge on any atom is 0.278 e. The van der Waals surface area contributed by atoms with Crippen LogP contribution in [0.4, 0.5) is 17.3 Å². The quantitative estimate of drug-likeness (QED) is 0.316. The normalized spacial score (nSPS) is 11.4. The van der Waals surface area contributed by atoms with Crippen molar-refractivity contribution >= 4 is 28.4 Å². The highest BCUT2D eigenvalue weighted by Crippen LogP contribution is 2.21. The Bertz CT molecular complexity index is 1740. The molecule has 4 aromatic heterocycles. The van der Waals surface area contributed by atoms with Crippen molar-refractivity contribution in [1.29, 1.82) is 0 Å².